The van der Waals surface area contributed by atoms with Gasteiger partial charge in [-0.3, -0.25) is 19.6 Å². The molecule has 2 aliphatic heterocycles. The number of rotatable bonds is 4. The van der Waals surface area contributed by atoms with E-state index in [0.717, 1.165) is 52.1 Å². The fraction of sp³-hybridized carbons (Fsp3) is 0.583. The van der Waals surface area contributed by atoms with E-state index in [1.165, 1.54) is 30.5 Å². The van der Waals surface area contributed by atoms with E-state index in [0.29, 0.717) is 0 Å². The maximum Gasteiger partial charge on any atom is 0.224 e. The number of hydrogen-bond acceptors (Lipinski definition) is 4. The summed E-state index contributed by atoms with van der Waals surface area (Å²) in [5.41, 5.74) is 2.61. The first-order valence-electron chi connectivity index (χ1n) is 11.4. The summed E-state index contributed by atoms with van der Waals surface area (Å²) in [5, 5.41) is 3.23. The predicted molar refractivity (Wildman–Crippen MR) is 119 cm³/mol. The molecule has 0 aromatic carbocycles. The Kier molecular flexibility index (Phi) is 7.18. The Morgan fingerprint density at radius 1 is 1.07 bits per heavy atom. The highest BCUT2D eigenvalue weighted by molar-refractivity contribution is 5.79. The number of nitrogens with one attached hydrogen (secondary N) is 1. The third-order valence-corrected chi connectivity index (χ3v) is 6.72. The summed E-state index contributed by atoms with van der Waals surface area (Å²) in [6.45, 7) is 5.61. The standard InChI is InChI=1S/C24H35N5O/c1-27-14-6-7-21(27)18-28-16-10-22-23(19-28)29(17-20-8-12-25-13-9-20)15-5-3-2-4-11-26-24(22)30/h6-9,12-14,22-23H,2-5,10-11,15-19H2,1H3,(H,26,30)/t22-,23-/m1/s1. The molecule has 2 atom stereocenters. The number of pyridine rings is 1. The lowest BCUT2D eigenvalue weighted by Gasteiger charge is -2.43. The maximum absolute atomic E-state index is 13.1. The van der Waals surface area contributed by atoms with E-state index in [4.69, 9.17) is 0 Å². The van der Waals surface area contributed by atoms with E-state index < -0.39 is 0 Å². The second kappa shape index (κ2) is 10.2. The summed E-state index contributed by atoms with van der Waals surface area (Å²) in [7, 11) is 2.11. The van der Waals surface area contributed by atoms with Gasteiger partial charge in [0.15, 0.2) is 0 Å². The molecule has 0 saturated carbocycles. The Morgan fingerprint density at radius 3 is 2.70 bits per heavy atom. The van der Waals surface area contributed by atoms with Crippen molar-refractivity contribution in [2.75, 3.05) is 26.2 Å². The number of amides is 1. The van der Waals surface area contributed by atoms with Gasteiger partial charge in [0, 0.05) is 63.6 Å². The molecular weight excluding hydrogens is 374 g/mol. The van der Waals surface area contributed by atoms with E-state index >= 15 is 0 Å². The Bertz CT molecular complexity index is 805. The molecule has 0 bridgehead atoms. The largest absolute Gasteiger partial charge is 0.356 e. The van der Waals surface area contributed by atoms with Gasteiger partial charge in [-0.05, 0) is 62.2 Å². The minimum absolute atomic E-state index is 0.0644. The minimum atomic E-state index is 0.0644. The highest BCUT2D eigenvalue weighted by Crippen LogP contribution is 2.27. The van der Waals surface area contributed by atoms with Gasteiger partial charge in [-0.2, -0.15) is 0 Å². The number of aromatic nitrogens is 2. The van der Waals surface area contributed by atoms with Gasteiger partial charge in [-0.25, -0.2) is 0 Å². The SMILES string of the molecule is Cn1cccc1CN1CC[C@H]2C(=O)NCCCCCCN(Cc3ccncc3)[C@@H]2C1. The van der Waals surface area contributed by atoms with E-state index in [2.05, 4.69) is 62.2 Å². The van der Waals surface area contributed by atoms with E-state index in [1.54, 1.807) is 0 Å². The average Bonchev–Trinajstić information content (AvgIpc) is 3.15. The lowest BCUT2D eigenvalue weighted by Crippen LogP contribution is -2.56. The fourth-order valence-electron chi connectivity index (χ4n) is 4.93. The quantitative estimate of drug-likeness (QED) is 0.844. The fourth-order valence-corrected chi connectivity index (χ4v) is 4.93. The molecule has 1 N–H and O–H groups in total. The molecule has 4 heterocycles. The van der Waals surface area contributed by atoms with Gasteiger partial charge in [-0.15, -0.1) is 0 Å². The molecule has 0 spiro atoms. The highest BCUT2D eigenvalue weighted by Gasteiger charge is 2.37. The zero-order valence-corrected chi connectivity index (χ0v) is 18.2. The van der Waals surface area contributed by atoms with Gasteiger partial charge in [-0.1, -0.05) is 12.8 Å². The summed E-state index contributed by atoms with van der Waals surface area (Å²) in [4.78, 5) is 22.4. The van der Waals surface area contributed by atoms with E-state index in [-0.39, 0.29) is 17.9 Å². The van der Waals surface area contributed by atoms with Gasteiger partial charge in [0.25, 0.3) is 0 Å². The van der Waals surface area contributed by atoms with E-state index in [1.807, 2.05) is 12.4 Å². The number of hydrogen-bond donors (Lipinski definition) is 1. The average molecular weight is 410 g/mol. The van der Waals surface area contributed by atoms with Crippen molar-refractivity contribution in [3.63, 3.8) is 0 Å². The van der Waals surface area contributed by atoms with Gasteiger partial charge in [0.2, 0.25) is 5.91 Å². The first kappa shape index (κ1) is 21.1. The first-order chi connectivity index (χ1) is 14.7. The normalized spacial score (nSPS) is 24.6. The Morgan fingerprint density at radius 2 is 1.90 bits per heavy atom. The predicted octanol–water partition coefficient (Wildman–Crippen LogP) is 2.80. The van der Waals surface area contributed by atoms with Crippen LogP contribution >= 0.6 is 0 Å². The molecule has 162 valence electrons. The van der Waals surface area contributed by atoms with Crippen molar-refractivity contribution in [3.8, 4) is 0 Å². The molecule has 2 aromatic rings. The molecule has 4 rings (SSSR count). The summed E-state index contributed by atoms with van der Waals surface area (Å²) < 4.78 is 2.20. The summed E-state index contributed by atoms with van der Waals surface area (Å²) in [6.07, 6.45) is 11.5. The van der Waals surface area contributed by atoms with Crippen molar-refractivity contribution >= 4 is 5.91 Å². The Hall–Kier alpha value is -2.18. The monoisotopic (exact) mass is 409 g/mol. The van der Waals surface area contributed by atoms with Crippen LogP contribution in [0.5, 0.6) is 0 Å². The van der Waals surface area contributed by atoms with Crippen LogP contribution in [-0.2, 0) is 24.9 Å². The van der Waals surface area contributed by atoms with Crippen LogP contribution in [0, 0.1) is 5.92 Å². The Balaban J connectivity index is 1.55. The highest BCUT2D eigenvalue weighted by atomic mass is 16.1. The second-order valence-corrected chi connectivity index (χ2v) is 8.84. The van der Waals surface area contributed by atoms with Crippen LogP contribution in [0.4, 0.5) is 0 Å². The summed E-state index contributed by atoms with van der Waals surface area (Å²) in [5.74, 6) is 0.315. The molecule has 6 nitrogen and oxygen atoms in total. The molecule has 2 fully saturated rings. The first-order valence-corrected chi connectivity index (χ1v) is 11.4. The van der Waals surface area contributed by atoms with Gasteiger partial charge >= 0.3 is 0 Å². The number of carbonyl (C=O) groups is 1. The Labute approximate surface area is 180 Å². The molecule has 1 amide bonds. The van der Waals surface area contributed by atoms with Crippen molar-refractivity contribution in [2.45, 2.75) is 51.2 Å². The van der Waals surface area contributed by atoms with E-state index in [9.17, 15) is 4.79 Å². The number of piperidine rings is 1. The third-order valence-electron chi connectivity index (χ3n) is 6.72. The number of nitrogens with zero attached hydrogens (tertiary/aromatic N) is 4. The van der Waals surface area contributed by atoms with Crippen LogP contribution in [-0.4, -0.2) is 57.5 Å². The van der Waals surface area contributed by atoms with Crippen LogP contribution in [0.1, 0.15) is 43.4 Å². The lowest BCUT2D eigenvalue weighted by atomic mass is 9.88. The summed E-state index contributed by atoms with van der Waals surface area (Å²) in [6, 6.07) is 8.75. The van der Waals surface area contributed by atoms with Crippen LogP contribution in [0.25, 0.3) is 0 Å². The third kappa shape index (κ3) is 5.29. The van der Waals surface area contributed by atoms with Crippen molar-refractivity contribution in [1.82, 2.24) is 24.7 Å². The van der Waals surface area contributed by atoms with Crippen molar-refractivity contribution in [1.29, 1.82) is 0 Å². The van der Waals surface area contributed by atoms with Crippen molar-refractivity contribution < 1.29 is 4.79 Å². The molecule has 30 heavy (non-hydrogen) atoms. The van der Waals surface area contributed by atoms with Crippen LogP contribution in [0.3, 0.4) is 0 Å². The molecule has 2 aliphatic rings. The number of aryl methyl sites for hydroxylation is 1. The van der Waals surface area contributed by atoms with Crippen molar-refractivity contribution in [3.05, 3.63) is 54.1 Å². The molecule has 0 radical (unpaired) electrons. The molecular formula is C24H35N5O. The van der Waals surface area contributed by atoms with Gasteiger partial charge in [0.05, 0.1) is 5.92 Å². The molecule has 2 saturated heterocycles. The smallest absolute Gasteiger partial charge is 0.224 e. The summed E-state index contributed by atoms with van der Waals surface area (Å²) >= 11 is 0. The van der Waals surface area contributed by atoms with Gasteiger partial charge < -0.3 is 9.88 Å². The molecule has 6 heteroatoms. The zero-order valence-electron chi connectivity index (χ0n) is 18.2. The van der Waals surface area contributed by atoms with Crippen LogP contribution < -0.4 is 5.32 Å². The topological polar surface area (TPSA) is 53.4 Å². The van der Waals surface area contributed by atoms with Crippen LogP contribution in [0.15, 0.2) is 42.9 Å². The van der Waals surface area contributed by atoms with Crippen molar-refractivity contribution in [2.24, 2.45) is 13.0 Å². The lowest BCUT2D eigenvalue weighted by molar-refractivity contribution is -0.129. The number of likely N-dealkylation sites (tertiary alicyclic amines) is 1. The zero-order chi connectivity index (χ0) is 20.8. The maximum atomic E-state index is 13.1. The van der Waals surface area contributed by atoms with Crippen LogP contribution in [0.2, 0.25) is 0 Å². The second-order valence-electron chi connectivity index (χ2n) is 8.84. The molecule has 0 unspecified atom stereocenters. The molecule has 2 aromatic heterocycles. The van der Waals surface area contributed by atoms with Gasteiger partial charge in [0.1, 0.15) is 0 Å². The number of carbonyl (C=O) groups excluding carboxylic acids is 1. The number of fused-ring (bicyclic) bond motifs is 1. The molecule has 0 aliphatic carbocycles. The minimum Gasteiger partial charge on any atom is -0.356 e.